The first-order chi connectivity index (χ1) is 18.4. The third-order valence-electron chi connectivity index (χ3n) is 7.00. The molecule has 1 aliphatic rings. The molecule has 0 aliphatic carbocycles. The van der Waals surface area contributed by atoms with Crippen LogP contribution in [0.5, 0.6) is 0 Å². The van der Waals surface area contributed by atoms with Crippen molar-refractivity contribution in [2.45, 2.75) is 6.92 Å². The number of likely N-dealkylation sites (N-methyl/N-ethyl adjacent to an activating group) is 1. The Balaban J connectivity index is 1.22. The molecule has 1 aliphatic heterocycles. The second kappa shape index (κ2) is 10.9. The van der Waals surface area contributed by atoms with E-state index in [0.717, 1.165) is 61.5 Å². The molecule has 1 fully saturated rings. The van der Waals surface area contributed by atoms with Gasteiger partial charge in [-0.2, -0.15) is 4.98 Å². The van der Waals surface area contributed by atoms with E-state index < -0.39 is 5.91 Å². The molecule has 196 valence electrons. The number of nitrogens with zero attached hydrogens (tertiary/aromatic N) is 6. The molecule has 2 aromatic carbocycles. The largest absolute Gasteiger partial charge is 0.373 e. The number of aromatic nitrogens is 3. The number of benzene rings is 2. The van der Waals surface area contributed by atoms with Crippen molar-refractivity contribution in [2.75, 3.05) is 56.5 Å². The van der Waals surface area contributed by atoms with Crippen LogP contribution in [-0.2, 0) is 4.79 Å². The minimum atomic E-state index is -0.479. The van der Waals surface area contributed by atoms with Crippen LogP contribution in [0.4, 0.5) is 17.3 Å². The van der Waals surface area contributed by atoms with Gasteiger partial charge in [0.1, 0.15) is 5.82 Å². The van der Waals surface area contributed by atoms with Gasteiger partial charge in [-0.15, -0.1) is 0 Å². The fraction of sp³-hybridized carbons (Fsp3) is 0.286. The molecule has 0 radical (unpaired) electrons. The predicted molar refractivity (Wildman–Crippen MR) is 149 cm³/mol. The molecule has 1 saturated heterocycles. The van der Waals surface area contributed by atoms with Gasteiger partial charge in [0.05, 0.1) is 11.1 Å². The van der Waals surface area contributed by atoms with Crippen LogP contribution < -0.4 is 16.0 Å². The Bertz CT molecular complexity index is 1440. The van der Waals surface area contributed by atoms with Gasteiger partial charge in [-0.3, -0.25) is 14.5 Å². The summed E-state index contributed by atoms with van der Waals surface area (Å²) in [6.07, 6.45) is 3.40. The topological polar surface area (TPSA) is 113 Å². The number of rotatable bonds is 8. The number of nitrogens with one attached hydrogen (secondary N) is 1. The van der Waals surface area contributed by atoms with Gasteiger partial charge in [0, 0.05) is 82.4 Å². The molecule has 0 saturated carbocycles. The Kier molecular flexibility index (Phi) is 7.23. The molecule has 3 N–H and O–H groups in total. The summed E-state index contributed by atoms with van der Waals surface area (Å²) in [4.78, 5) is 39.0. The fourth-order valence-electron chi connectivity index (χ4n) is 4.74. The first-order valence-corrected chi connectivity index (χ1v) is 12.7. The van der Waals surface area contributed by atoms with Crippen molar-refractivity contribution in [1.82, 2.24) is 24.3 Å². The molecule has 0 spiro atoms. The van der Waals surface area contributed by atoms with Crippen molar-refractivity contribution in [3.8, 4) is 5.82 Å². The lowest BCUT2D eigenvalue weighted by Gasteiger charge is -2.35. The molecule has 5 rings (SSSR count). The highest BCUT2D eigenvalue weighted by atomic mass is 16.2. The number of carbonyl (C=O) groups excluding carboxylic acids is 2. The average molecular weight is 513 g/mol. The maximum absolute atomic E-state index is 11.9. The van der Waals surface area contributed by atoms with Crippen molar-refractivity contribution < 1.29 is 9.59 Å². The highest BCUT2D eigenvalue weighted by Crippen LogP contribution is 2.25. The van der Waals surface area contributed by atoms with Crippen molar-refractivity contribution in [2.24, 2.45) is 5.73 Å². The minimum Gasteiger partial charge on any atom is -0.373 e. The highest BCUT2D eigenvalue weighted by molar-refractivity contribution is 6.06. The standard InChI is InChI=1S/C28H32N8O2/c1-20(37)35-17-15-34(16-18-35)14-13-33(2)22-9-7-21(8-10-22)31-28-30-12-11-26(32-28)36-19-24(27(29)38)23-5-3-4-6-25(23)36/h3-12,19H,13-18H2,1-2H3,(H2,29,38)(H,30,31,32). The molecule has 10 heteroatoms. The average Bonchev–Trinajstić information content (AvgIpc) is 3.33. The van der Waals surface area contributed by atoms with Crippen LogP contribution in [0.1, 0.15) is 17.3 Å². The van der Waals surface area contributed by atoms with Crippen LogP contribution in [0.3, 0.4) is 0 Å². The zero-order chi connectivity index (χ0) is 26.6. The number of anilines is 3. The van der Waals surface area contributed by atoms with Crippen molar-refractivity contribution >= 4 is 40.0 Å². The molecule has 38 heavy (non-hydrogen) atoms. The minimum absolute atomic E-state index is 0.156. The summed E-state index contributed by atoms with van der Waals surface area (Å²) < 4.78 is 1.85. The summed E-state index contributed by atoms with van der Waals surface area (Å²) in [5.41, 5.74) is 8.88. The lowest BCUT2D eigenvalue weighted by Crippen LogP contribution is -2.49. The smallest absolute Gasteiger partial charge is 0.250 e. The van der Waals surface area contributed by atoms with Gasteiger partial charge in [-0.25, -0.2) is 4.98 Å². The van der Waals surface area contributed by atoms with E-state index in [9.17, 15) is 9.59 Å². The number of carbonyl (C=O) groups is 2. The molecule has 2 amide bonds. The van der Waals surface area contributed by atoms with Crippen LogP contribution in [0.25, 0.3) is 16.7 Å². The number of nitrogens with two attached hydrogens (primary N) is 1. The molecule has 0 atom stereocenters. The molecular weight excluding hydrogens is 480 g/mol. The SMILES string of the molecule is CC(=O)N1CCN(CCN(C)c2ccc(Nc3nccc(-n4cc(C(N)=O)c5ccccc54)n3)cc2)CC1. The Hall–Kier alpha value is -4.44. The van der Waals surface area contributed by atoms with E-state index in [1.807, 2.05) is 45.9 Å². The molecule has 4 aromatic rings. The monoisotopic (exact) mass is 512 g/mol. The van der Waals surface area contributed by atoms with Crippen LogP contribution in [0.2, 0.25) is 0 Å². The first-order valence-electron chi connectivity index (χ1n) is 12.7. The second-order valence-corrected chi connectivity index (χ2v) is 9.47. The van der Waals surface area contributed by atoms with E-state index in [0.29, 0.717) is 17.3 Å². The number of piperazine rings is 1. The number of hydrogen-bond donors (Lipinski definition) is 2. The van der Waals surface area contributed by atoms with Crippen molar-refractivity contribution in [1.29, 1.82) is 0 Å². The number of fused-ring (bicyclic) bond motifs is 1. The van der Waals surface area contributed by atoms with E-state index in [1.165, 1.54) is 0 Å². The van der Waals surface area contributed by atoms with Gasteiger partial charge < -0.3 is 25.4 Å². The van der Waals surface area contributed by atoms with E-state index in [4.69, 9.17) is 5.73 Å². The van der Waals surface area contributed by atoms with E-state index in [1.54, 1.807) is 25.4 Å². The Morgan fingerprint density at radius 3 is 2.47 bits per heavy atom. The summed E-state index contributed by atoms with van der Waals surface area (Å²) in [6, 6.07) is 17.5. The lowest BCUT2D eigenvalue weighted by atomic mass is 10.2. The van der Waals surface area contributed by atoms with Gasteiger partial charge in [-0.1, -0.05) is 18.2 Å². The van der Waals surface area contributed by atoms with Crippen LogP contribution >= 0.6 is 0 Å². The highest BCUT2D eigenvalue weighted by Gasteiger charge is 2.18. The molecule has 2 aromatic heterocycles. The second-order valence-electron chi connectivity index (χ2n) is 9.47. The molecule has 0 unspecified atom stereocenters. The maximum atomic E-state index is 11.9. The van der Waals surface area contributed by atoms with Gasteiger partial charge in [0.25, 0.3) is 5.91 Å². The number of primary amides is 1. The zero-order valence-corrected chi connectivity index (χ0v) is 21.7. The molecule has 3 heterocycles. The van der Waals surface area contributed by atoms with Crippen LogP contribution in [0.15, 0.2) is 67.0 Å². The van der Waals surface area contributed by atoms with E-state index in [2.05, 4.69) is 44.3 Å². The van der Waals surface area contributed by atoms with Crippen molar-refractivity contribution in [3.05, 3.63) is 72.6 Å². The summed E-state index contributed by atoms with van der Waals surface area (Å²) in [5, 5.41) is 4.05. The quantitative estimate of drug-likeness (QED) is 0.373. The lowest BCUT2D eigenvalue weighted by molar-refractivity contribution is -0.130. The summed E-state index contributed by atoms with van der Waals surface area (Å²) in [7, 11) is 2.09. The van der Waals surface area contributed by atoms with Crippen LogP contribution in [0, 0.1) is 0 Å². The third-order valence-corrected chi connectivity index (χ3v) is 7.00. The summed E-state index contributed by atoms with van der Waals surface area (Å²) in [6.45, 7) is 6.92. The van der Waals surface area contributed by atoms with Gasteiger partial charge in [0.2, 0.25) is 11.9 Å². The first kappa shape index (κ1) is 25.2. The maximum Gasteiger partial charge on any atom is 0.250 e. The van der Waals surface area contributed by atoms with Crippen LogP contribution in [-0.4, -0.2) is 82.5 Å². The summed E-state index contributed by atoms with van der Waals surface area (Å²) in [5.74, 6) is 0.759. The number of hydrogen-bond acceptors (Lipinski definition) is 7. The Labute approximate surface area is 221 Å². The van der Waals surface area contributed by atoms with Gasteiger partial charge in [-0.05, 0) is 36.4 Å². The van der Waals surface area contributed by atoms with E-state index in [-0.39, 0.29) is 5.91 Å². The van der Waals surface area contributed by atoms with Gasteiger partial charge >= 0.3 is 0 Å². The molecular formula is C28H32N8O2. The van der Waals surface area contributed by atoms with Gasteiger partial charge in [0.15, 0.2) is 0 Å². The third kappa shape index (κ3) is 5.45. The number of para-hydroxylation sites is 1. The normalized spacial score (nSPS) is 14.0. The fourth-order valence-corrected chi connectivity index (χ4v) is 4.74. The number of amides is 2. The Morgan fingerprint density at radius 1 is 1.03 bits per heavy atom. The zero-order valence-electron chi connectivity index (χ0n) is 21.7. The van der Waals surface area contributed by atoms with E-state index >= 15 is 0 Å². The summed E-state index contributed by atoms with van der Waals surface area (Å²) >= 11 is 0. The predicted octanol–water partition coefficient (Wildman–Crippen LogP) is 2.86. The van der Waals surface area contributed by atoms with Crippen molar-refractivity contribution in [3.63, 3.8) is 0 Å². The molecule has 0 bridgehead atoms. The molecule has 10 nitrogen and oxygen atoms in total. The Morgan fingerprint density at radius 2 is 1.76 bits per heavy atom.